The van der Waals surface area contributed by atoms with E-state index in [2.05, 4.69) is 18.7 Å². The molecule has 2 heteroatoms. The molecule has 1 aliphatic heterocycles. The smallest absolute Gasteiger partial charge is 0.157 e. The summed E-state index contributed by atoms with van der Waals surface area (Å²) in [4.78, 5) is 13.5. The number of hydrogen-bond acceptors (Lipinski definition) is 2. The largest absolute Gasteiger partial charge is 0.375 e. The van der Waals surface area contributed by atoms with Crippen LogP contribution in [0.2, 0.25) is 0 Å². The monoisotopic (exact) mass is 193 g/mol. The summed E-state index contributed by atoms with van der Waals surface area (Å²) in [6.45, 7) is 6.93. The van der Waals surface area contributed by atoms with E-state index in [1.807, 2.05) is 6.08 Å². The second-order valence-corrected chi connectivity index (χ2v) is 5.25. The maximum Gasteiger partial charge on any atom is 0.157 e. The summed E-state index contributed by atoms with van der Waals surface area (Å²) in [5, 5.41) is 0. The molecule has 0 bridgehead atoms. The van der Waals surface area contributed by atoms with Gasteiger partial charge in [0.05, 0.1) is 0 Å². The summed E-state index contributed by atoms with van der Waals surface area (Å²) in [7, 11) is 0. The highest BCUT2D eigenvalue weighted by molar-refractivity contribution is 5.92. The zero-order valence-electron chi connectivity index (χ0n) is 9.18. The van der Waals surface area contributed by atoms with Crippen LogP contribution < -0.4 is 0 Å². The van der Waals surface area contributed by atoms with E-state index in [0.29, 0.717) is 11.2 Å². The number of rotatable bonds is 1. The molecule has 2 rings (SSSR count). The van der Waals surface area contributed by atoms with E-state index in [9.17, 15) is 4.79 Å². The summed E-state index contributed by atoms with van der Waals surface area (Å²) < 4.78 is 0. The molecule has 1 saturated heterocycles. The lowest BCUT2D eigenvalue weighted by molar-refractivity contribution is -0.114. The molecule has 0 spiro atoms. The van der Waals surface area contributed by atoms with Crippen molar-refractivity contribution in [2.45, 2.75) is 39.5 Å². The molecule has 1 fully saturated rings. The van der Waals surface area contributed by atoms with E-state index in [1.54, 1.807) is 0 Å². The molecule has 0 N–H and O–H groups in total. The number of ketones is 1. The number of nitrogens with zero attached hydrogens (tertiary/aromatic N) is 1. The summed E-state index contributed by atoms with van der Waals surface area (Å²) in [6.07, 6.45) is 6.05. The minimum atomic E-state index is 0.310. The van der Waals surface area contributed by atoms with Crippen molar-refractivity contribution in [3.05, 3.63) is 11.8 Å². The molecule has 14 heavy (non-hydrogen) atoms. The van der Waals surface area contributed by atoms with Crippen molar-refractivity contribution in [2.24, 2.45) is 5.41 Å². The van der Waals surface area contributed by atoms with Crippen LogP contribution in [0.1, 0.15) is 39.5 Å². The van der Waals surface area contributed by atoms with Gasteiger partial charge in [0.2, 0.25) is 0 Å². The van der Waals surface area contributed by atoms with Crippen molar-refractivity contribution < 1.29 is 4.79 Å². The Morgan fingerprint density at radius 2 is 1.86 bits per heavy atom. The third-order valence-corrected chi connectivity index (χ3v) is 3.48. The number of carbonyl (C=O) groups excluding carboxylic acids is 1. The van der Waals surface area contributed by atoms with Crippen LogP contribution in [0.4, 0.5) is 0 Å². The van der Waals surface area contributed by atoms with Gasteiger partial charge in [0.15, 0.2) is 5.78 Å². The predicted molar refractivity (Wildman–Crippen MR) is 56.9 cm³/mol. The van der Waals surface area contributed by atoms with Crippen molar-refractivity contribution in [1.82, 2.24) is 4.90 Å². The molecule has 2 nitrogen and oxygen atoms in total. The Kier molecular flexibility index (Phi) is 2.38. The lowest BCUT2D eigenvalue weighted by atomic mass is 9.82. The SMILES string of the molecule is CC1(C)CCN(C2=CC(=O)CC2)CC1. The van der Waals surface area contributed by atoms with E-state index in [4.69, 9.17) is 0 Å². The fraction of sp³-hybridized carbons (Fsp3) is 0.750. The average Bonchev–Trinajstić information content (AvgIpc) is 2.52. The molecule has 0 amide bonds. The van der Waals surface area contributed by atoms with Gasteiger partial charge in [-0.3, -0.25) is 4.79 Å². The number of hydrogen-bond donors (Lipinski definition) is 0. The van der Waals surface area contributed by atoms with Gasteiger partial charge in [-0.05, 0) is 24.7 Å². The van der Waals surface area contributed by atoms with Gasteiger partial charge in [-0.25, -0.2) is 0 Å². The maximum atomic E-state index is 11.1. The molecule has 2 aliphatic rings. The Morgan fingerprint density at radius 3 is 2.36 bits per heavy atom. The van der Waals surface area contributed by atoms with E-state index in [0.717, 1.165) is 25.9 Å². The van der Waals surface area contributed by atoms with Crippen LogP contribution in [0, 0.1) is 5.41 Å². The van der Waals surface area contributed by atoms with E-state index in [1.165, 1.54) is 18.5 Å². The molecule has 1 heterocycles. The van der Waals surface area contributed by atoms with Gasteiger partial charge in [0, 0.05) is 31.3 Å². The molecule has 0 aromatic heterocycles. The first-order valence-electron chi connectivity index (χ1n) is 5.55. The number of allylic oxidation sites excluding steroid dienone is 2. The van der Waals surface area contributed by atoms with Gasteiger partial charge >= 0.3 is 0 Å². The Hall–Kier alpha value is -0.790. The van der Waals surface area contributed by atoms with Crippen molar-refractivity contribution in [1.29, 1.82) is 0 Å². The molecule has 0 aromatic rings. The molecular weight excluding hydrogens is 174 g/mol. The van der Waals surface area contributed by atoms with Crippen molar-refractivity contribution in [3.63, 3.8) is 0 Å². The van der Waals surface area contributed by atoms with E-state index in [-0.39, 0.29) is 0 Å². The van der Waals surface area contributed by atoms with Crippen molar-refractivity contribution >= 4 is 5.78 Å². The van der Waals surface area contributed by atoms with Crippen LogP contribution in [0.15, 0.2) is 11.8 Å². The standard InChI is InChI=1S/C12H19NO/c1-12(2)5-7-13(8-6-12)10-3-4-11(14)9-10/h9H,3-8H2,1-2H3. The fourth-order valence-electron chi connectivity index (χ4n) is 2.23. The summed E-state index contributed by atoms with van der Waals surface area (Å²) in [5.74, 6) is 0.310. The van der Waals surface area contributed by atoms with Gasteiger partial charge in [0.1, 0.15) is 0 Å². The molecule has 78 valence electrons. The van der Waals surface area contributed by atoms with Gasteiger partial charge in [-0.1, -0.05) is 13.8 Å². The van der Waals surface area contributed by atoms with Crippen LogP contribution in [0.5, 0.6) is 0 Å². The predicted octanol–water partition coefficient (Wildman–Crippen LogP) is 2.36. The Bertz CT molecular complexity index is 268. The molecular formula is C12H19NO. The second kappa shape index (κ2) is 3.41. The summed E-state index contributed by atoms with van der Waals surface area (Å²) in [6, 6.07) is 0. The summed E-state index contributed by atoms with van der Waals surface area (Å²) >= 11 is 0. The van der Waals surface area contributed by atoms with Crippen LogP contribution in [-0.4, -0.2) is 23.8 Å². The first-order valence-corrected chi connectivity index (χ1v) is 5.55. The lowest BCUT2D eigenvalue weighted by Crippen LogP contribution is -2.36. The lowest BCUT2D eigenvalue weighted by Gasteiger charge is -2.38. The van der Waals surface area contributed by atoms with Gasteiger partial charge < -0.3 is 4.90 Å². The van der Waals surface area contributed by atoms with Gasteiger partial charge in [0.25, 0.3) is 0 Å². The Balaban J connectivity index is 1.96. The van der Waals surface area contributed by atoms with Crippen LogP contribution in [0.25, 0.3) is 0 Å². The highest BCUT2D eigenvalue weighted by Gasteiger charge is 2.27. The molecule has 0 radical (unpaired) electrons. The number of likely N-dealkylation sites (tertiary alicyclic amines) is 1. The highest BCUT2D eigenvalue weighted by atomic mass is 16.1. The van der Waals surface area contributed by atoms with Gasteiger partial charge in [-0.15, -0.1) is 0 Å². The normalized spacial score (nSPS) is 26.6. The molecule has 0 atom stereocenters. The van der Waals surface area contributed by atoms with Crippen LogP contribution >= 0.6 is 0 Å². The first-order chi connectivity index (χ1) is 6.57. The third-order valence-electron chi connectivity index (χ3n) is 3.48. The maximum absolute atomic E-state index is 11.1. The zero-order chi connectivity index (χ0) is 10.2. The first kappa shape index (κ1) is 9.75. The van der Waals surface area contributed by atoms with Crippen LogP contribution in [0.3, 0.4) is 0 Å². The topological polar surface area (TPSA) is 20.3 Å². The fourth-order valence-corrected chi connectivity index (χ4v) is 2.23. The molecule has 0 unspecified atom stereocenters. The van der Waals surface area contributed by atoms with Crippen molar-refractivity contribution in [3.8, 4) is 0 Å². The quantitative estimate of drug-likeness (QED) is 0.637. The van der Waals surface area contributed by atoms with Gasteiger partial charge in [-0.2, -0.15) is 0 Å². The Morgan fingerprint density at radius 1 is 1.21 bits per heavy atom. The Labute approximate surface area is 86.0 Å². The molecule has 1 aliphatic carbocycles. The minimum Gasteiger partial charge on any atom is -0.375 e. The third kappa shape index (κ3) is 1.99. The van der Waals surface area contributed by atoms with Crippen molar-refractivity contribution in [2.75, 3.05) is 13.1 Å². The zero-order valence-corrected chi connectivity index (χ0v) is 9.18. The number of carbonyl (C=O) groups is 1. The van der Waals surface area contributed by atoms with E-state index < -0.39 is 0 Å². The second-order valence-electron chi connectivity index (χ2n) is 5.25. The summed E-state index contributed by atoms with van der Waals surface area (Å²) in [5.41, 5.74) is 1.78. The van der Waals surface area contributed by atoms with E-state index >= 15 is 0 Å². The molecule has 0 saturated carbocycles. The highest BCUT2D eigenvalue weighted by Crippen LogP contribution is 2.32. The average molecular weight is 193 g/mol. The minimum absolute atomic E-state index is 0.310. The molecule has 0 aromatic carbocycles. The van der Waals surface area contributed by atoms with Crippen LogP contribution in [-0.2, 0) is 4.79 Å². The number of piperidine rings is 1.